The van der Waals surface area contributed by atoms with Crippen molar-refractivity contribution in [3.05, 3.63) is 70.4 Å². The van der Waals surface area contributed by atoms with Crippen LogP contribution >= 0.6 is 11.6 Å². The Hall–Kier alpha value is -3.26. The minimum atomic E-state index is -0.432. The first-order valence-electron chi connectivity index (χ1n) is 8.29. The first kappa shape index (κ1) is 17.2. The summed E-state index contributed by atoms with van der Waals surface area (Å²) in [4.78, 5) is 21.1. The summed E-state index contributed by atoms with van der Waals surface area (Å²) in [5, 5.41) is 11.9. The number of benzene rings is 1. The summed E-state index contributed by atoms with van der Waals surface area (Å²) >= 11 is 6.21. The van der Waals surface area contributed by atoms with Crippen LogP contribution in [-0.4, -0.2) is 35.3 Å². The lowest BCUT2D eigenvalue weighted by atomic mass is 10.2. The predicted molar refractivity (Wildman–Crippen MR) is 101 cm³/mol. The molecular weight excluding hydrogens is 366 g/mol. The molecule has 0 unspecified atom stereocenters. The summed E-state index contributed by atoms with van der Waals surface area (Å²) in [5.74, 6) is 0.530. The van der Waals surface area contributed by atoms with Crippen molar-refractivity contribution in [2.75, 3.05) is 5.32 Å². The maximum atomic E-state index is 12.6. The topological polar surface area (TPSA) is 90.0 Å². The van der Waals surface area contributed by atoms with Crippen LogP contribution in [0.15, 0.2) is 42.6 Å². The van der Waals surface area contributed by atoms with Crippen LogP contribution in [0.4, 0.5) is 5.82 Å². The molecule has 3 aromatic heterocycles. The Balaban J connectivity index is 1.58. The van der Waals surface area contributed by atoms with Crippen LogP contribution in [0.1, 0.15) is 27.6 Å². The van der Waals surface area contributed by atoms with Gasteiger partial charge in [0.2, 0.25) is 5.82 Å². The highest BCUT2D eigenvalue weighted by molar-refractivity contribution is 6.31. The second-order valence-electron chi connectivity index (χ2n) is 6.11. The van der Waals surface area contributed by atoms with Crippen LogP contribution in [0.25, 0.3) is 5.78 Å². The number of carbonyl (C=O) groups excluding carboxylic acids is 1. The number of rotatable bonds is 4. The van der Waals surface area contributed by atoms with Gasteiger partial charge in [0.05, 0.1) is 12.7 Å². The Bertz CT molecular complexity index is 1150. The molecular formula is C18H16ClN7O. The maximum Gasteiger partial charge on any atom is 0.296 e. The molecule has 0 saturated heterocycles. The van der Waals surface area contributed by atoms with Crippen molar-refractivity contribution in [3.63, 3.8) is 0 Å². The summed E-state index contributed by atoms with van der Waals surface area (Å²) in [6, 6.07) is 11.1. The molecule has 3 heterocycles. The van der Waals surface area contributed by atoms with Crippen molar-refractivity contribution in [2.45, 2.75) is 20.4 Å². The fraction of sp³-hybridized carbons (Fsp3) is 0.167. The maximum absolute atomic E-state index is 12.6. The first-order valence-corrected chi connectivity index (χ1v) is 8.66. The summed E-state index contributed by atoms with van der Waals surface area (Å²) in [6.45, 7) is 4.19. The Morgan fingerprint density at radius 1 is 1.19 bits per heavy atom. The van der Waals surface area contributed by atoms with Crippen LogP contribution in [-0.2, 0) is 6.54 Å². The highest BCUT2D eigenvalue weighted by Gasteiger charge is 2.17. The zero-order valence-electron chi connectivity index (χ0n) is 14.7. The van der Waals surface area contributed by atoms with Crippen LogP contribution < -0.4 is 5.32 Å². The van der Waals surface area contributed by atoms with Gasteiger partial charge in [0.15, 0.2) is 0 Å². The Morgan fingerprint density at radius 3 is 2.81 bits per heavy atom. The van der Waals surface area contributed by atoms with E-state index in [-0.39, 0.29) is 5.82 Å². The molecule has 0 atom stereocenters. The van der Waals surface area contributed by atoms with Gasteiger partial charge in [-0.3, -0.25) is 4.79 Å². The summed E-state index contributed by atoms with van der Waals surface area (Å²) in [7, 11) is 0. The molecule has 0 fully saturated rings. The molecule has 0 bridgehead atoms. The van der Waals surface area contributed by atoms with E-state index in [0.29, 0.717) is 23.2 Å². The van der Waals surface area contributed by atoms with Gasteiger partial charge in [-0.1, -0.05) is 29.8 Å². The Kier molecular flexibility index (Phi) is 4.33. The van der Waals surface area contributed by atoms with Crippen LogP contribution in [0.3, 0.4) is 0 Å². The van der Waals surface area contributed by atoms with Gasteiger partial charge in [0.25, 0.3) is 11.7 Å². The van der Waals surface area contributed by atoms with Gasteiger partial charge in [0.1, 0.15) is 5.82 Å². The highest BCUT2D eigenvalue weighted by Crippen LogP contribution is 2.18. The van der Waals surface area contributed by atoms with Crippen molar-refractivity contribution < 1.29 is 4.79 Å². The monoisotopic (exact) mass is 381 g/mol. The van der Waals surface area contributed by atoms with E-state index in [1.807, 2.05) is 44.2 Å². The quantitative estimate of drug-likeness (QED) is 0.587. The smallest absolute Gasteiger partial charge is 0.296 e. The summed E-state index contributed by atoms with van der Waals surface area (Å²) < 4.78 is 3.20. The van der Waals surface area contributed by atoms with Gasteiger partial charge in [0, 0.05) is 22.5 Å². The van der Waals surface area contributed by atoms with Crippen molar-refractivity contribution in [1.29, 1.82) is 0 Å². The molecule has 0 aliphatic carbocycles. The molecule has 1 aromatic carbocycles. The van der Waals surface area contributed by atoms with E-state index in [1.54, 1.807) is 21.5 Å². The van der Waals surface area contributed by atoms with Gasteiger partial charge in [-0.05, 0) is 31.5 Å². The van der Waals surface area contributed by atoms with Crippen LogP contribution in [0.2, 0.25) is 5.02 Å². The normalized spacial score (nSPS) is 11.1. The number of fused-ring (bicyclic) bond motifs is 1. The average molecular weight is 382 g/mol. The van der Waals surface area contributed by atoms with Crippen molar-refractivity contribution in [1.82, 2.24) is 29.4 Å². The molecule has 0 aliphatic heterocycles. The molecule has 1 amide bonds. The number of nitrogens with one attached hydrogen (secondary N) is 1. The molecule has 8 nitrogen and oxygen atoms in total. The third kappa shape index (κ3) is 3.39. The Morgan fingerprint density at radius 2 is 2.00 bits per heavy atom. The lowest BCUT2D eigenvalue weighted by molar-refractivity contribution is 0.101. The lowest BCUT2D eigenvalue weighted by Gasteiger charge is -2.09. The number of aromatic nitrogens is 6. The third-order valence-corrected chi connectivity index (χ3v) is 4.43. The number of carbonyl (C=O) groups is 1. The number of amides is 1. The molecule has 0 radical (unpaired) electrons. The molecule has 4 aromatic rings. The zero-order chi connectivity index (χ0) is 19.0. The third-order valence-electron chi connectivity index (χ3n) is 4.06. The second-order valence-corrected chi connectivity index (χ2v) is 6.51. The zero-order valence-corrected chi connectivity index (χ0v) is 15.5. The standard InChI is InChI=1S/C18H16ClN7O/c1-11-9-12(2)26-18(21-11)23-16(24-26)17(27)22-15-7-8-20-25(15)10-13-5-3-4-6-14(13)19/h3-9H,10H2,1-2H3,(H,22,27). The predicted octanol–water partition coefficient (Wildman–Crippen LogP) is 2.89. The van der Waals surface area contributed by atoms with E-state index in [4.69, 9.17) is 11.6 Å². The summed E-state index contributed by atoms with van der Waals surface area (Å²) in [6.07, 6.45) is 1.61. The molecule has 27 heavy (non-hydrogen) atoms. The van der Waals surface area contributed by atoms with Gasteiger partial charge in [-0.15, -0.1) is 5.10 Å². The largest absolute Gasteiger partial charge is 0.304 e. The SMILES string of the molecule is Cc1cc(C)n2nc(C(=O)Nc3ccnn3Cc3ccccc3Cl)nc2n1. The number of aryl methyl sites for hydroxylation is 2. The van der Waals surface area contributed by atoms with Gasteiger partial charge in [-0.2, -0.15) is 10.1 Å². The minimum Gasteiger partial charge on any atom is -0.304 e. The molecule has 136 valence electrons. The molecule has 0 spiro atoms. The van der Waals surface area contributed by atoms with Gasteiger partial charge >= 0.3 is 0 Å². The summed E-state index contributed by atoms with van der Waals surface area (Å²) in [5.41, 5.74) is 2.57. The van der Waals surface area contributed by atoms with Crippen molar-refractivity contribution in [2.24, 2.45) is 0 Å². The molecule has 0 aliphatic rings. The van der Waals surface area contributed by atoms with E-state index in [1.165, 1.54) is 0 Å². The highest BCUT2D eigenvalue weighted by atomic mass is 35.5. The fourth-order valence-electron chi connectivity index (χ4n) is 2.79. The van der Waals surface area contributed by atoms with E-state index < -0.39 is 5.91 Å². The number of hydrogen-bond acceptors (Lipinski definition) is 5. The van der Waals surface area contributed by atoms with E-state index in [2.05, 4.69) is 25.5 Å². The number of nitrogens with zero attached hydrogens (tertiary/aromatic N) is 6. The average Bonchev–Trinajstić information content (AvgIpc) is 3.24. The number of halogens is 1. The number of hydrogen-bond donors (Lipinski definition) is 1. The molecule has 9 heteroatoms. The molecule has 1 N–H and O–H groups in total. The lowest BCUT2D eigenvalue weighted by Crippen LogP contribution is -2.17. The second kappa shape index (κ2) is 6.81. The van der Waals surface area contributed by atoms with Crippen LogP contribution in [0, 0.1) is 13.8 Å². The van der Waals surface area contributed by atoms with E-state index in [9.17, 15) is 4.79 Å². The number of anilines is 1. The fourth-order valence-corrected chi connectivity index (χ4v) is 2.98. The Labute approximate surface area is 159 Å². The van der Waals surface area contributed by atoms with E-state index in [0.717, 1.165) is 17.0 Å². The minimum absolute atomic E-state index is 0.0432. The van der Waals surface area contributed by atoms with Gasteiger partial charge < -0.3 is 5.32 Å². The van der Waals surface area contributed by atoms with Crippen molar-refractivity contribution >= 4 is 29.1 Å². The first-order chi connectivity index (χ1) is 13.0. The van der Waals surface area contributed by atoms with Crippen LogP contribution in [0.5, 0.6) is 0 Å². The van der Waals surface area contributed by atoms with Crippen molar-refractivity contribution in [3.8, 4) is 0 Å². The molecule has 4 rings (SSSR count). The molecule has 0 saturated carbocycles. The van der Waals surface area contributed by atoms with E-state index >= 15 is 0 Å². The van der Waals surface area contributed by atoms with Gasteiger partial charge in [-0.25, -0.2) is 14.2 Å².